The number of hydrogen-bond donors (Lipinski definition) is 1. The molecule has 1 aliphatic rings. The van der Waals surface area contributed by atoms with Crippen LogP contribution in [0.25, 0.3) is 0 Å². The van der Waals surface area contributed by atoms with E-state index < -0.39 is 0 Å². The zero-order chi connectivity index (χ0) is 11.3. The van der Waals surface area contributed by atoms with Gasteiger partial charge in [0.2, 0.25) is 0 Å². The van der Waals surface area contributed by atoms with Crippen LogP contribution < -0.4 is 0 Å². The summed E-state index contributed by atoms with van der Waals surface area (Å²) < 4.78 is 4.77. The van der Waals surface area contributed by atoms with Gasteiger partial charge in [0.1, 0.15) is 0 Å². The van der Waals surface area contributed by atoms with Gasteiger partial charge in [0, 0.05) is 6.04 Å². The van der Waals surface area contributed by atoms with E-state index in [0.717, 1.165) is 32.1 Å². The average molecular weight is 215 g/mol. The second kappa shape index (κ2) is 5.95. The third-order valence-corrected chi connectivity index (χ3v) is 3.08. The molecule has 1 saturated heterocycles. The Kier molecular flexibility index (Phi) is 4.88. The molecule has 0 aromatic heterocycles. The molecule has 1 N–H and O–H groups in total. The van der Waals surface area contributed by atoms with Crippen LogP contribution in [0.1, 0.15) is 39.0 Å². The number of aliphatic hydroxyl groups is 1. The lowest BCUT2D eigenvalue weighted by molar-refractivity contribution is 0.0329. The molecule has 15 heavy (non-hydrogen) atoms. The Hall–Kier alpha value is -0.770. The quantitative estimate of drug-likeness (QED) is 0.780. The molecular weight excluding hydrogens is 194 g/mol. The molecule has 0 bridgehead atoms. The third kappa shape index (κ3) is 2.84. The molecular formula is C11H21NO3. The van der Waals surface area contributed by atoms with Crippen LogP contribution in [0.3, 0.4) is 0 Å². The lowest BCUT2D eigenvalue weighted by Crippen LogP contribution is -2.51. The van der Waals surface area contributed by atoms with Gasteiger partial charge in [0.15, 0.2) is 0 Å². The summed E-state index contributed by atoms with van der Waals surface area (Å²) in [4.78, 5) is 13.3. The van der Waals surface area contributed by atoms with Crippen LogP contribution in [0.2, 0.25) is 0 Å². The number of ether oxygens (including phenoxy) is 1. The second-order valence-electron chi connectivity index (χ2n) is 4.09. The number of rotatable bonds is 3. The number of carbonyl (C=O) groups is 1. The van der Waals surface area contributed by atoms with E-state index in [1.165, 1.54) is 7.11 Å². The van der Waals surface area contributed by atoms with Crippen LogP contribution in [-0.4, -0.2) is 41.9 Å². The van der Waals surface area contributed by atoms with E-state index in [0.29, 0.717) is 0 Å². The van der Waals surface area contributed by atoms with Crippen molar-refractivity contribution in [3.05, 3.63) is 0 Å². The summed E-state index contributed by atoms with van der Waals surface area (Å²) in [5, 5.41) is 9.24. The van der Waals surface area contributed by atoms with Crippen molar-refractivity contribution in [2.75, 3.05) is 13.7 Å². The summed E-state index contributed by atoms with van der Waals surface area (Å²) in [6.45, 7) is 2.15. The van der Waals surface area contributed by atoms with E-state index in [1.54, 1.807) is 4.90 Å². The number of aliphatic hydroxyl groups excluding tert-OH is 1. The van der Waals surface area contributed by atoms with Crippen LogP contribution in [0.15, 0.2) is 0 Å². The number of hydrogen-bond acceptors (Lipinski definition) is 3. The normalized spacial score (nSPS) is 26.5. The van der Waals surface area contributed by atoms with E-state index in [-0.39, 0.29) is 24.8 Å². The second-order valence-corrected chi connectivity index (χ2v) is 4.09. The van der Waals surface area contributed by atoms with Crippen LogP contribution in [0.5, 0.6) is 0 Å². The van der Waals surface area contributed by atoms with Gasteiger partial charge in [-0.2, -0.15) is 0 Å². The Balaban J connectivity index is 2.71. The Labute approximate surface area is 91.2 Å². The molecule has 1 aliphatic heterocycles. The molecule has 0 spiro atoms. The maximum Gasteiger partial charge on any atom is 0.410 e. The van der Waals surface area contributed by atoms with Crippen molar-refractivity contribution in [3.63, 3.8) is 0 Å². The summed E-state index contributed by atoms with van der Waals surface area (Å²) in [7, 11) is 1.40. The molecule has 1 amide bonds. The Morgan fingerprint density at radius 3 is 2.67 bits per heavy atom. The minimum Gasteiger partial charge on any atom is -0.453 e. The molecule has 1 fully saturated rings. The largest absolute Gasteiger partial charge is 0.453 e. The first-order chi connectivity index (χ1) is 7.24. The minimum absolute atomic E-state index is 0.0370. The Morgan fingerprint density at radius 1 is 1.47 bits per heavy atom. The van der Waals surface area contributed by atoms with Gasteiger partial charge in [-0.15, -0.1) is 0 Å². The summed E-state index contributed by atoms with van der Waals surface area (Å²) in [6, 6.07) is 0.191. The van der Waals surface area contributed by atoms with Crippen LogP contribution in [0.4, 0.5) is 4.79 Å². The molecule has 0 radical (unpaired) electrons. The molecule has 4 nitrogen and oxygen atoms in total. The number of nitrogens with zero attached hydrogens (tertiary/aromatic N) is 1. The van der Waals surface area contributed by atoms with E-state index in [1.807, 2.05) is 0 Å². The Bertz CT molecular complexity index is 206. The van der Waals surface area contributed by atoms with Crippen molar-refractivity contribution in [3.8, 4) is 0 Å². The summed E-state index contributed by atoms with van der Waals surface area (Å²) in [5.74, 6) is 0. The van der Waals surface area contributed by atoms with Crippen LogP contribution >= 0.6 is 0 Å². The number of carbonyl (C=O) groups excluding carboxylic acids is 1. The van der Waals surface area contributed by atoms with Crippen LogP contribution in [0, 0.1) is 0 Å². The molecule has 0 aromatic rings. The predicted molar refractivity (Wildman–Crippen MR) is 57.7 cm³/mol. The van der Waals surface area contributed by atoms with Gasteiger partial charge in [0.05, 0.1) is 19.8 Å². The number of amides is 1. The SMILES string of the molecule is CCC[C@H]1CCC[C@@H](CO)N1C(=O)OC. The van der Waals surface area contributed by atoms with E-state index in [4.69, 9.17) is 4.74 Å². The average Bonchev–Trinajstić information content (AvgIpc) is 2.28. The van der Waals surface area contributed by atoms with Crippen molar-refractivity contribution < 1.29 is 14.6 Å². The first-order valence-corrected chi connectivity index (χ1v) is 5.71. The monoisotopic (exact) mass is 215 g/mol. The van der Waals surface area contributed by atoms with E-state index in [9.17, 15) is 9.90 Å². The molecule has 1 heterocycles. The van der Waals surface area contributed by atoms with Gasteiger partial charge in [-0.1, -0.05) is 13.3 Å². The molecule has 0 aliphatic carbocycles. The number of likely N-dealkylation sites (tertiary alicyclic amines) is 1. The number of piperidine rings is 1. The van der Waals surface area contributed by atoms with Crippen molar-refractivity contribution in [2.24, 2.45) is 0 Å². The molecule has 2 atom stereocenters. The van der Waals surface area contributed by atoms with Crippen molar-refractivity contribution in [2.45, 2.75) is 51.1 Å². The minimum atomic E-state index is -0.299. The number of methoxy groups -OCH3 is 1. The lowest BCUT2D eigenvalue weighted by atomic mass is 9.93. The fraction of sp³-hybridized carbons (Fsp3) is 0.909. The maximum atomic E-state index is 11.6. The van der Waals surface area contributed by atoms with E-state index in [2.05, 4.69) is 6.92 Å². The van der Waals surface area contributed by atoms with Crippen molar-refractivity contribution in [1.82, 2.24) is 4.90 Å². The van der Waals surface area contributed by atoms with Gasteiger partial charge in [0.25, 0.3) is 0 Å². The molecule has 4 heteroatoms. The fourth-order valence-corrected chi connectivity index (χ4v) is 2.36. The van der Waals surface area contributed by atoms with Gasteiger partial charge in [-0.25, -0.2) is 4.79 Å². The summed E-state index contributed by atoms with van der Waals surface area (Å²) in [6.07, 6.45) is 4.74. The molecule has 1 rings (SSSR count). The molecule has 0 saturated carbocycles. The zero-order valence-corrected chi connectivity index (χ0v) is 9.61. The molecule has 0 aromatic carbocycles. The fourth-order valence-electron chi connectivity index (χ4n) is 2.36. The smallest absolute Gasteiger partial charge is 0.410 e. The highest BCUT2D eigenvalue weighted by Crippen LogP contribution is 2.26. The predicted octanol–water partition coefficient (Wildman–Crippen LogP) is 1.77. The first kappa shape index (κ1) is 12.3. The summed E-state index contributed by atoms with van der Waals surface area (Å²) >= 11 is 0. The highest BCUT2D eigenvalue weighted by molar-refractivity contribution is 5.68. The third-order valence-electron chi connectivity index (χ3n) is 3.08. The standard InChI is InChI=1S/C11H21NO3/c1-3-5-9-6-4-7-10(8-13)12(9)11(14)15-2/h9-10,13H,3-8H2,1-2H3/t9-,10-/m0/s1. The van der Waals surface area contributed by atoms with Gasteiger partial charge < -0.3 is 9.84 Å². The zero-order valence-electron chi connectivity index (χ0n) is 9.61. The highest BCUT2D eigenvalue weighted by Gasteiger charge is 2.33. The maximum absolute atomic E-state index is 11.6. The highest BCUT2D eigenvalue weighted by atomic mass is 16.5. The van der Waals surface area contributed by atoms with Crippen LogP contribution in [-0.2, 0) is 4.74 Å². The Morgan fingerprint density at radius 2 is 2.13 bits per heavy atom. The van der Waals surface area contributed by atoms with Crippen molar-refractivity contribution in [1.29, 1.82) is 0 Å². The molecule has 88 valence electrons. The van der Waals surface area contributed by atoms with Gasteiger partial charge >= 0.3 is 6.09 Å². The lowest BCUT2D eigenvalue weighted by Gasteiger charge is -2.40. The van der Waals surface area contributed by atoms with Gasteiger partial charge in [-0.3, -0.25) is 4.90 Å². The topological polar surface area (TPSA) is 49.8 Å². The molecule has 0 unspecified atom stereocenters. The van der Waals surface area contributed by atoms with Crippen molar-refractivity contribution >= 4 is 6.09 Å². The first-order valence-electron chi connectivity index (χ1n) is 5.71. The van der Waals surface area contributed by atoms with Gasteiger partial charge in [-0.05, 0) is 25.7 Å². The van der Waals surface area contributed by atoms with E-state index >= 15 is 0 Å². The summed E-state index contributed by atoms with van der Waals surface area (Å²) in [5.41, 5.74) is 0.